The van der Waals surface area contributed by atoms with Crippen LogP contribution in [0.1, 0.15) is 5.56 Å². The van der Waals surface area contributed by atoms with Gasteiger partial charge in [0.2, 0.25) is 0 Å². The zero-order valence-electron chi connectivity index (χ0n) is 11.2. The van der Waals surface area contributed by atoms with Crippen molar-refractivity contribution in [3.63, 3.8) is 0 Å². The van der Waals surface area contributed by atoms with Crippen LogP contribution in [0.25, 0.3) is 0 Å². The zero-order valence-corrected chi connectivity index (χ0v) is 13.5. The van der Waals surface area contributed by atoms with Crippen LogP contribution < -0.4 is 4.90 Å². The number of hydrogen-bond donors (Lipinski definition) is 1. The maximum atomic E-state index is 13.5. The first kappa shape index (κ1) is 15.6. The molecule has 0 aromatic heterocycles. The molecule has 1 N–H and O–H groups in total. The summed E-state index contributed by atoms with van der Waals surface area (Å²) in [5.41, 5.74) is 1.10. The van der Waals surface area contributed by atoms with Gasteiger partial charge in [-0.3, -0.25) is 0 Å². The van der Waals surface area contributed by atoms with Gasteiger partial charge in [0, 0.05) is 20.4 Å². The van der Waals surface area contributed by atoms with Gasteiger partial charge in [-0.25, -0.2) is 4.39 Å². The van der Waals surface area contributed by atoms with Crippen LogP contribution in [0, 0.1) is 5.82 Å². The van der Waals surface area contributed by atoms with E-state index in [1.807, 2.05) is 12.1 Å². The molecule has 0 fully saturated rings. The van der Waals surface area contributed by atoms with Gasteiger partial charge in [-0.15, -0.1) is 0 Å². The fourth-order valence-electron chi connectivity index (χ4n) is 1.83. The Kier molecular flexibility index (Phi) is 5.33. The van der Waals surface area contributed by atoms with Gasteiger partial charge in [0.1, 0.15) is 12.4 Å². The average molecular weight is 331 g/mol. The molecule has 0 saturated carbocycles. The minimum absolute atomic E-state index is 0.241. The standard InChI is InChI=1S/C15H14Cl2FNS/c1-19(2)9-10-3-5-12(18)8-15(10)20-14-6-4-11(16)7-13(14)17/h3-8H,9H2,1-2H3/p+1. The Morgan fingerprint density at radius 3 is 2.45 bits per heavy atom. The van der Waals surface area contributed by atoms with Crippen LogP contribution in [-0.4, -0.2) is 14.1 Å². The molecule has 0 aliphatic heterocycles. The smallest absolute Gasteiger partial charge is 0.124 e. The highest BCUT2D eigenvalue weighted by Gasteiger charge is 2.11. The normalized spacial score (nSPS) is 11.1. The van der Waals surface area contributed by atoms with Gasteiger partial charge >= 0.3 is 0 Å². The van der Waals surface area contributed by atoms with Crippen LogP contribution in [-0.2, 0) is 6.54 Å². The molecule has 2 rings (SSSR count). The third-order valence-electron chi connectivity index (χ3n) is 2.69. The topological polar surface area (TPSA) is 4.44 Å². The van der Waals surface area contributed by atoms with Crippen molar-refractivity contribution in [3.05, 3.63) is 57.8 Å². The highest BCUT2D eigenvalue weighted by molar-refractivity contribution is 7.99. The Morgan fingerprint density at radius 2 is 1.80 bits per heavy atom. The molecule has 0 radical (unpaired) electrons. The Balaban J connectivity index is 2.34. The summed E-state index contributed by atoms with van der Waals surface area (Å²) in [6.07, 6.45) is 0. The predicted octanol–water partition coefficient (Wildman–Crippen LogP) is 3.93. The highest BCUT2D eigenvalue weighted by atomic mass is 35.5. The zero-order chi connectivity index (χ0) is 14.7. The van der Waals surface area contributed by atoms with Gasteiger partial charge in [0.25, 0.3) is 0 Å². The molecular formula is C15H15Cl2FNS+. The van der Waals surface area contributed by atoms with Gasteiger partial charge < -0.3 is 4.90 Å². The molecule has 2 aromatic carbocycles. The van der Waals surface area contributed by atoms with Crippen LogP contribution in [0.4, 0.5) is 4.39 Å². The summed E-state index contributed by atoms with van der Waals surface area (Å²) in [5, 5.41) is 1.17. The molecule has 0 spiro atoms. The quantitative estimate of drug-likeness (QED) is 0.889. The number of benzene rings is 2. The number of halogens is 3. The minimum atomic E-state index is -0.241. The second-order valence-electron chi connectivity index (χ2n) is 4.81. The first-order valence-corrected chi connectivity index (χ1v) is 7.73. The minimum Gasteiger partial charge on any atom is -0.336 e. The van der Waals surface area contributed by atoms with E-state index >= 15 is 0 Å². The summed E-state index contributed by atoms with van der Waals surface area (Å²) in [6.45, 7) is 0.827. The lowest BCUT2D eigenvalue weighted by atomic mass is 10.2. The molecule has 5 heteroatoms. The first-order valence-electron chi connectivity index (χ1n) is 6.16. The lowest BCUT2D eigenvalue weighted by Gasteiger charge is -2.12. The van der Waals surface area contributed by atoms with E-state index in [4.69, 9.17) is 23.2 Å². The van der Waals surface area contributed by atoms with E-state index in [1.54, 1.807) is 18.2 Å². The largest absolute Gasteiger partial charge is 0.336 e. The van der Waals surface area contributed by atoms with Crippen molar-refractivity contribution in [1.82, 2.24) is 0 Å². The fraction of sp³-hybridized carbons (Fsp3) is 0.200. The van der Waals surface area contributed by atoms with Gasteiger partial charge in [-0.05, 0) is 36.4 Å². The van der Waals surface area contributed by atoms with Crippen LogP contribution in [0.2, 0.25) is 10.0 Å². The highest BCUT2D eigenvalue weighted by Crippen LogP contribution is 2.36. The molecule has 0 aliphatic carbocycles. The van der Waals surface area contributed by atoms with Crippen LogP contribution in [0.5, 0.6) is 0 Å². The summed E-state index contributed by atoms with van der Waals surface area (Å²) >= 11 is 13.5. The molecule has 0 heterocycles. The molecule has 0 unspecified atom stereocenters. The lowest BCUT2D eigenvalue weighted by Crippen LogP contribution is -3.04. The maximum absolute atomic E-state index is 13.5. The van der Waals surface area contributed by atoms with E-state index in [0.717, 1.165) is 21.9 Å². The maximum Gasteiger partial charge on any atom is 0.124 e. The molecule has 0 amide bonds. The lowest BCUT2D eigenvalue weighted by molar-refractivity contribution is -0.872. The van der Waals surface area contributed by atoms with Crippen molar-refractivity contribution in [2.24, 2.45) is 0 Å². The first-order chi connectivity index (χ1) is 9.45. The van der Waals surface area contributed by atoms with Crippen molar-refractivity contribution in [2.75, 3.05) is 14.1 Å². The molecule has 0 aliphatic rings. The van der Waals surface area contributed by atoms with E-state index in [-0.39, 0.29) is 5.82 Å². The second-order valence-corrected chi connectivity index (χ2v) is 6.74. The van der Waals surface area contributed by atoms with Gasteiger partial charge in [-0.1, -0.05) is 35.0 Å². The van der Waals surface area contributed by atoms with Crippen LogP contribution >= 0.6 is 35.0 Å². The van der Waals surface area contributed by atoms with Crippen molar-refractivity contribution in [3.8, 4) is 0 Å². The molecule has 2 aromatic rings. The SMILES string of the molecule is C[NH+](C)Cc1ccc(F)cc1Sc1ccc(Cl)cc1Cl. The molecule has 0 saturated heterocycles. The van der Waals surface area contributed by atoms with Gasteiger partial charge in [0.15, 0.2) is 0 Å². The van der Waals surface area contributed by atoms with Gasteiger partial charge in [0.05, 0.1) is 19.1 Å². The Morgan fingerprint density at radius 1 is 1.05 bits per heavy atom. The number of rotatable bonds is 4. The van der Waals surface area contributed by atoms with Gasteiger partial charge in [-0.2, -0.15) is 0 Å². The molecule has 0 atom stereocenters. The Bertz CT molecular complexity index is 617. The van der Waals surface area contributed by atoms with Crippen molar-refractivity contribution < 1.29 is 9.29 Å². The predicted molar refractivity (Wildman–Crippen MR) is 83.5 cm³/mol. The van der Waals surface area contributed by atoms with Crippen LogP contribution in [0.3, 0.4) is 0 Å². The van der Waals surface area contributed by atoms with E-state index < -0.39 is 0 Å². The number of hydrogen-bond acceptors (Lipinski definition) is 1. The summed E-state index contributed by atoms with van der Waals surface area (Å²) in [6, 6.07) is 10.2. The molecule has 0 bridgehead atoms. The number of quaternary nitrogens is 1. The second kappa shape index (κ2) is 6.81. The van der Waals surface area contributed by atoms with E-state index in [9.17, 15) is 4.39 Å². The molecule has 20 heavy (non-hydrogen) atoms. The summed E-state index contributed by atoms with van der Waals surface area (Å²) in [4.78, 5) is 3.03. The summed E-state index contributed by atoms with van der Waals surface area (Å²) in [5.74, 6) is -0.241. The van der Waals surface area contributed by atoms with Crippen LogP contribution in [0.15, 0.2) is 46.2 Å². The van der Waals surface area contributed by atoms with E-state index in [1.165, 1.54) is 22.7 Å². The van der Waals surface area contributed by atoms with E-state index in [2.05, 4.69) is 14.1 Å². The van der Waals surface area contributed by atoms with E-state index in [0.29, 0.717) is 10.0 Å². The Labute approximate surface area is 132 Å². The summed E-state index contributed by atoms with van der Waals surface area (Å²) in [7, 11) is 4.13. The monoisotopic (exact) mass is 330 g/mol. The third kappa shape index (κ3) is 4.13. The average Bonchev–Trinajstić information content (AvgIpc) is 2.35. The fourth-order valence-corrected chi connectivity index (χ4v) is 3.32. The third-order valence-corrected chi connectivity index (χ3v) is 4.52. The van der Waals surface area contributed by atoms with Crippen molar-refractivity contribution >= 4 is 35.0 Å². The van der Waals surface area contributed by atoms with Crippen molar-refractivity contribution in [1.29, 1.82) is 0 Å². The Hall–Kier alpha value is -0.740. The molecular weight excluding hydrogens is 316 g/mol. The molecule has 1 nitrogen and oxygen atoms in total. The molecule has 106 valence electrons. The number of nitrogens with one attached hydrogen (secondary N) is 1. The summed E-state index contributed by atoms with van der Waals surface area (Å²) < 4.78 is 13.5. The van der Waals surface area contributed by atoms with Crippen molar-refractivity contribution in [2.45, 2.75) is 16.3 Å².